The Bertz CT molecular complexity index is 481. The van der Waals surface area contributed by atoms with Crippen LogP contribution in [0, 0.1) is 0 Å². The van der Waals surface area contributed by atoms with Crippen LogP contribution in [0.15, 0.2) is 24.3 Å². The second-order valence-electron chi connectivity index (χ2n) is 3.00. The third kappa shape index (κ3) is 1.87. The molecule has 5 heteroatoms. The van der Waals surface area contributed by atoms with Crippen molar-refractivity contribution in [3.8, 4) is 16.2 Å². The number of hydrogen-bond donors (Lipinski definition) is 2. The highest BCUT2D eigenvalue weighted by Gasteiger charge is 2.09. The molecule has 0 unspecified atom stereocenters. The van der Waals surface area contributed by atoms with Crippen molar-refractivity contribution in [1.82, 2.24) is 4.98 Å². The average Bonchev–Trinajstić information content (AvgIpc) is 2.58. The van der Waals surface area contributed by atoms with Crippen LogP contribution in [0.4, 0.5) is 10.9 Å². The van der Waals surface area contributed by atoms with Crippen LogP contribution in [0.25, 0.3) is 10.4 Å². The van der Waals surface area contributed by atoms with Crippen LogP contribution in [-0.2, 0) is 0 Å². The predicted octanol–water partition coefficient (Wildman–Crippen LogP) is 1.98. The van der Waals surface area contributed by atoms with E-state index in [0.717, 1.165) is 16.2 Å². The number of benzene rings is 1. The number of nitrogen functional groups attached to an aromatic ring is 2. The molecule has 2 rings (SSSR count). The third-order valence-electron chi connectivity index (χ3n) is 2.00. The molecular weight excluding hydrogens is 210 g/mol. The standard InChI is InChI=1S/C10H11N3OS/c1-14-7-4-2-3-6(5-7)8-9(11)13-10(12)15-8/h2-5H,11H2,1H3,(H2,12,13). The van der Waals surface area contributed by atoms with Crippen molar-refractivity contribution < 1.29 is 4.74 Å². The minimum absolute atomic E-state index is 0.464. The fourth-order valence-corrected chi connectivity index (χ4v) is 2.07. The molecule has 0 atom stereocenters. The first kappa shape index (κ1) is 9.79. The van der Waals surface area contributed by atoms with Crippen molar-refractivity contribution >= 4 is 22.3 Å². The van der Waals surface area contributed by atoms with Crippen LogP contribution in [0.1, 0.15) is 0 Å². The molecule has 1 aromatic carbocycles. The van der Waals surface area contributed by atoms with Crippen LogP contribution in [0.2, 0.25) is 0 Å². The first-order chi connectivity index (χ1) is 7.20. The quantitative estimate of drug-likeness (QED) is 0.813. The molecule has 78 valence electrons. The average molecular weight is 221 g/mol. The lowest BCUT2D eigenvalue weighted by molar-refractivity contribution is 0.415. The zero-order valence-electron chi connectivity index (χ0n) is 8.23. The van der Waals surface area contributed by atoms with Crippen LogP contribution in [0.5, 0.6) is 5.75 Å². The number of ether oxygens (including phenoxy) is 1. The molecule has 0 spiro atoms. The van der Waals surface area contributed by atoms with Crippen molar-refractivity contribution in [2.24, 2.45) is 0 Å². The van der Waals surface area contributed by atoms with Crippen molar-refractivity contribution in [3.05, 3.63) is 24.3 Å². The van der Waals surface area contributed by atoms with Gasteiger partial charge in [-0.25, -0.2) is 4.98 Å². The molecule has 0 fully saturated rings. The minimum Gasteiger partial charge on any atom is -0.497 e. The maximum absolute atomic E-state index is 5.74. The van der Waals surface area contributed by atoms with E-state index in [9.17, 15) is 0 Å². The van der Waals surface area contributed by atoms with Gasteiger partial charge < -0.3 is 16.2 Å². The summed E-state index contributed by atoms with van der Waals surface area (Å²) in [7, 11) is 1.63. The van der Waals surface area contributed by atoms with Gasteiger partial charge in [0.25, 0.3) is 0 Å². The van der Waals surface area contributed by atoms with Crippen LogP contribution in [-0.4, -0.2) is 12.1 Å². The first-order valence-corrected chi connectivity index (χ1v) is 5.18. The molecule has 0 aliphatic carbocycles. The van der Waals surface area contributed by atoms with E-state index in [0.29, 0.717) is 10.9 Å². The van der Waals surface area contributed by atoms with Crippen LogP contribution < -0.4 is 16.2 Å². The third-order valence-corrected chi connectivity index (χ3v) is 2.95. The van der Waals surface area contributed by atoms with Crippen molar-refractivity contribution in [2.45, 2.75) is 0 Å². The maximum Gasteiger partial charge on any atom is 0.182 e. The van der Waals surface area contributed by atoms with Gasteiger partial charge in [-0.15, -0.1) is 0 Å². The molecule has 0 radical (unpaired) electrons. The summed E-state index contributed by atoms with van der Waals surface area (Å²) in [5.41, 5.74) is 12.3. The number of rotatable bonds is 2. The number of methoxy groups -OCH3 is 1. The minimum atomic E-state index is 0.464. The van der Waals surface area contributed by atoms with Gasteiger partial charge in [0.15, 0.2) is 5.13 Å². The molecule has 0 aliphatic heterocycles. The molecule has 0 amide bonds. The molecule has 0 saturated heterocycles. The van der Waals surface area contributed by atoms with Gasteiger partial charge in [0.2, 0.25) is 0 Å². The van der Waals surface area contributed by atoms with Gasteiger partial charge in [-0.3, -0.25) is 0 Å². The summed E-state index contributed by atoms with van der Waals surface area (Å²) in [5.74, 6) is 1.25. The number of anilines is 2. The normalized spacial score (nSPS) is 10.2. The Morgan fingerprint density at radius 1 is 1.33 bits per heavy atom. The Hall–Kier alpha value is -1.75. The predicted molar refractivity (Wildman–Crippen MR) is 62.9 cm³/mol. The number of hydrogen-bond acceptors (Lipinski definition) is 5. The van der Waals surface area contributed by atoms with Crippen molar-refractivity contribution in [1.29, 1.82) is 0 Å². The Kier molecular flexibility index (Phi) is 2.47. The zero-order chi connectivity index (χ0) is 10.8. The Morgan fingerprint density at radius 2 is 2.13 bits per heavy atom. The molecule has 2 aromatic rings. The van der Waals surface area contributed by atoms with Gasteiger partial charge in [0.1, 0.15) is 11.6 Å². The first-order valence-electron chi connectivity index (χ1n) is 4.37. The number of thiazole rings is 1. The topological polar surface area (TPSA) is 74.2 Å². The van der Waals surface area contributed by atoms with Gasteiger partial charge in [-0.05, 0) is 17.7 Å². The van der Waals surface area contributed by atoms with Crippen molar-refractivity contribution in [3.63, 3.8) is 0 Å². The summed E-state index contributed by atoms with van der Waals surface area (Å²) in [4.78, 5) is 4.86. The van der Waals surface area contributed by atoms with E-state index in [1.807, 2.05) is 24.3 Å². The summed E-state index contributed by atoms with van der Waals surface area (Å²) in [6, 6.07) is 7.64. The van der Waals surface area contributed by atoms with E-state index in [-0.39, 0.29) is 0 Å². The number of nitrogens with zero attached hydrogens (tertiary/aromatic N) is 1. The molecule has 1 heterocycles. The monoisotopic (exact) mass is 221 g/mol. The van der Waals surface area contributed by atoms with Gasteiger partial charge in [-0.2, -0.15) is 0 Å². The fourth-order valence-electron chi connectivity index (χ4n) is 1.32. The maximum atomic E-state index is 5.74. The van der Waals surface area contributed by atoms with E-state index in [2.05, 4.69) is 4.98 Å². The summed E-state index contributed by atoms with van der Waals surface area (Å²) in [6.45, 7) is 0. The van der Waals surface area contributed by atoms with E-state index in [1.54, 1.807) is 7.11 Å². The van der Waals surface area contributed by atoms with E-state index >= 15 is 0 Å². The summed E-state index contributed by atoms with van der Waals surface area (Å²) < 4.78 is 5.14. The highest BCUT2D eigenvalue weighted by molar-refractivity contribution is 7.19. The Balaban J connectivity index is 2.49. The smallest absolute Gasteiger partial charge is 0.182 e. The van der Waals surface area contributed by atoms with Crippen LogP contribution >= 0.6 is 11.3 Å². The molecule has 0 bridgehead atoms. The molecule has 0 saturated carbocycles. The zero-order valence-corrected chi connectivity index (χ0v) is 9.04. The fraction of sp³-hybridized carbons (Fsp3) is 0.100. The van der Waals surface area contributed by atoms with Gasteiger partial charge >= 0.3 is 0 Å². The van der Waals surface area contributed by atoms with Gasteiger partial charge in [0, 0.05) is 0 Å². The number of aromatic nitrogens is 1. The second-order valence-corrected chi connectivity index (χ2v) is 4.03. The van der Waals surface area contributed by atoms with E-state index in [4.69, 9.17) is 16.2 Å². The van der Waals surface area contributed by atoms with E-state index < -0.39 is 0 Å². The highest BCUT2D eigenvalue weighted by atomic mass is 32.1. The summed E-state index contributed by atoms with van der Waals surface area (Å²) >= 11 is 1.37. The lowest BCUT2D eigenvalue weighted by Gasteiger charge is -2.02. The molecule has 0 aliphatic rings. The Labute approximate surface area is 91.5 Å². The number of nitrogens with two attached hydrogens (primary N) is 2. The molecular formula is C10H11N3OS. The largest absolute Gasteiger partial charge is 0.497 e. The van der Waals surface area contributed by atoms with Gasteiger partial charge in [-0.1, -0.05) is 23.5 Å². The second kappa shape index (κ2) is 3.78. The summed E-state index contributed by atoms with van der Waals surface area (Å²) in [5, 5.41) is 0.477. The molecule has 4 nitrogen and oxygen atoms in total. The highest BCUT2D eigenvalue weighted by Crippen LogP contribution is 2.34. The summed E-state index contributed by atoms with van der Waals surface area (Å²) in [6.07, 6.45) is 0. The van der Waals surface area contributed by atoms with Crippen molar-refractivity contribution in [2.75, 3.05) is 18.6 Å². The van der Waals surface area contributed by atoms with Gasteiger partial charge in [0.05, 0.1) is 12.0 Å². The molecule has 1 aromatic heterocycles. The van der Waals surface area contributed by atoms with E-state index in [1.165, 1.54) is 11.3 Å². The lowest BCUT2D eigenvalue weighted by atomic mass is 10.2. The molecule has 15 heavy (non-hydrogen) atoms. The van der Waals surface area contributed by atoms with Crippen LogP contribution in [0.3, 0.4) is 0 Å². The SMILES string of the molecule is COc1cccc(-c2sc(N)nc2N)c1. The lowest BCUT2D eigenvalue weighted by Crippen LogP contribution is -1.89. The molecule has 4 N–H and O–H groups in total. The Morgan fingerprint density at radius 3 is 2.73 bits per heavy atom.